The van der Waals surface area contributed by atoms with E-state index in [0.29, 0.717) is 6.54 Å². The molecule has 162 valence electrons. The fraction of sp³-hybridized carbons (Fsp3) is 0.450. The van der Waals surface area contributed by atoms with Gasteiger partial charge in [-0.2, -0.15) is 13.2 Å². The number of hydrogen-bond acceptors (Lipinski definition) is 5. The number of nitrogens with one attached hydrogen (secondary N) is 1. The summed E-state index contributed by atoms with van der Waals surface area (Å²) >= 11 is 0. The maximum absolute atomic E-state index is 12.4. The van der Waals surface area contributed by atoms with Crippen LogP contribution in [0.1, 0.15) is 12.5 Å². The second kappa shape index (κ2) is 10.1. The van der Waals surface area contributed by atoms with Gasteiger partial charge in [0.15, 0.2) is 12.6 Å². The molecule has 10 heteroatoms. The molecule has 0 unspecified atom stereocenters. The Morgan fingerprint density at radius 1 is 1.13 bits per heavy atom. The Labute approximate surface area is 173 Å². The summed E-state index contributed by atoms with van der Waals surface area (Å²) in [5, 5.41) is 3.28. The number of piperazine rings is 1. The first-order chi connectivity index (χ1) is 14.4. The van der Waals surface area contributed by atoms with E-state index in [0.717, 1.165) is 50.2 Å². The number of halogens is 3. The summed E-state index contributed by atoms with van der Waals surface area (Å²) in [6.45, 7) is 4.82. The van der Waals surface area contributed by atoms with E-state index in [1.54, 1.807) is 30.6 Å². The molecule has 0 bridgehead atoms. The van der Waals surface area contributed by atoms with Crippen LogP contribution in [0.5, 0.6) is 5.75 Å². The quantitative estimate of drug-likeness (QED) is 0.571. The van der Waals surface area contributed by atoms with Gasteiger partial charge in [0.25, 0.3) is 0 Å². The summed E-state index contributed by atoms with van der Waals surface area (Å²) in [5.41, 5.74) is 0.779. The smallest absolute Gasteiger partial charge is 0.422 e. The van der Waals surface area contributed by atoms with Gasteiger partial charge in [-0.1, -0.05) is 12.1 Å². The van der Waals surface area contributed by atoms with Crippen molar-refractivity contribution in [3.05, 3.63) is 48.3 Å². The van der Waals surface area contributed by atoms with Crippen LogP contribution in [-0.4, -0.2) is 66.3 Å². The number of benzene rings is 1. The molecule has 0 aliphatic carbocycles. The minimum atomic E-state index is -4.36. The van der Waals surface area contributed by atoms with E-state index in [2.05, 4.69) is 30.1 Å². The molecule has 30 heavy (non-hydrogen) atoms. The molecule has 3 rings (SSSR count). The van der Waals surface area contributed by atoms with Crippen molar-refractivity contribution < 1.29 is 17.9 Å². The van der Waals surface area contributed by atoms with Crippen LogP contribution < -0.4 is 15.0 Å². The Bertz CT molecular complexity index is 823. The van der Waals surface area contributed by atoms with Gasteiger partial charge in [-0.05, 0) is 30.7 Å². The van der Waals surface area contributed by atoms with E-state index in [4.69, 9.17) is 4.74 Å². The molecule has 7 nitrogen and oxygen atoms in total. The van der Waals surface area contributed by atoms with E-state index in [-0.39, 0.29) is 5.75 Å². The predicted molar refractivity (Wildman–Crippen MR) is 109 cm³/mol. The van der Waals surface area contributed by atoms with Gasteiger partial charge in [-0.25, -0.2) is 15.0 Å². The van der Waals surface area contributed by atoms with E-state index >= 15 is 0 Å². The van der Waals surface area contributed by atoms with Gasteiger partial charge >= 0.3 is 6.18 Å². The molecule has 2 heterocycles. The second-order valence-electron chi connectivity index (χ2n) is 6.74. The van der Waals surface area contributed by atoms with E-state index in [1.165, 1.54) is 6.07 Å². The normalized spacial score (nSPS) is 15.3. The van der Waals surface area contributed by atoms with Gasteiger partial charge in [0, 0.05) is 45.1 Å². The van der Waals surface area contributed by atoms with Crippen molar-refractivity contribution in [2.24, 2.45) is 4.99 Å². The summed E-state index contributed by atoms with van der Waals surface area (Å²) < 4.78 is 41.9. The van der Waals surface area contributed by atoms with Gasteiger partial charge in [0.1, 0.15) is 5.75 Å². The number of aliphatic imine (C=N–C) groups is 1. The Morgan fingerprint density at radius 2 is 1.87 bits per heavy atom. The van der Waals surface area contributed by atoms with Crippen molar-refractivity contribution in [3.63, 3.8) is 0 Å². The summed E-state index contributed by atoms with van der Waals surface area (Å²) in [4.78, 5) is 17.5. The monoisotopic (exact) mass is 422 g/mol. The zero-order chi connectivity index (χ0) is 21.4. The minimum Gasteiger partial charge on any atom is -0.484 e. The molecular formula is C20H25F3N6O. The average Bonchev–Trinajstić information content (AvgIpc) is 2.76. The summed E-state index contributed by atoms with van der Waals surface area (Å²) in [6.07, 6.45) is -0.904. The van der Waals surface area contributed by atoms with Crippen molar-refractivity contribution in [1.82, 2.24) is 20.2 Å². The van der Waals surface area contributed by atoms with E-state index in [9.17, 15) is 13.2 Å². The average molecular weight is 422 g/mol. The molecule has 1 aromatic carbocycles. The Hall–Kier alpha value is -3.04. The van der Waals surface area contributed by atoms with Gasteiger partial charge < -0.3 is 19.9 Å². The number of ether oxygens (including phenoxy) is 1. The van der Waals surface area contributed by atoms with E-state index in [1.807, 2.05) is 13.0 Å². The zero-order valence-electron chi connectivity index (χ0n) is 16.8. The fourth-order valence-electron chi connectivity index (χ4n) is 3.06. The zero-order valence-corrected chi connectivity index (χ0v) is 16.8. The summed E-state index contributed by atoms with van der Waals surface area (Å²) in [7, 11) is 0. The topological polar surface area (TPSA) is 65.9 Å². The third-order valence-corrected chi connectivity index (χ3v) is 4.46. The molecule has 0 radical (unpaired) electrons. The molecule has 0 atom stereocenters. The molecule has 1 N–H and O–H groups in total. The van der Waals surface area contributed by atoms with Crippen LogP contribution in [-0.2, 0) is 6.54 Å². The molecule has 1 fully saturated rings. The number of hydrogen-bond donors (Lipinski definition) is 1. The van der Waals surface area contributed by atoms with Crippen molar-refractivity contribution in [2.45, 2.75) is 19.6 Å². The van der Waals surface area contributed by atoms with Crippen LogP contribution in [0.2, 0.25) is 0 Å². The van der Waals surface area contributed by atoms with Crippen LogP contribution >= 0.6 is 0 Å². The number of rotatable bonds is 6. The lowest BCUT2D eigenvalue weighted by atomic mass is 10.2. The molecule has 2 aromatic rings. The van der Waals surface area contributed by atoms with Crippen LogP contribution in [0.4, 0.5) is 19.1 Å². The van der Waals surface area contributed by atoms with Crippen LogP contribution in [0.15, 0.2) is 47.7 Å². The fourth-order valence-corrected chi connectivity index (χ4v) is 3.06. The largest absolute Gasteiger partial charge is 0.484 e. The van der Waals surface area contributed by atoms with Gasteiger partial charge in [-0.15, -0.1) is 0 Å². The minimum absolute atomic E-state index is 0.182. The summed E-state index contributed by atoms with van der Waals surface area (Å²) in [5.74, 6) is 1.67. The van der Waals surface area contributed by atoms with Crippen molar-refractivity contribution >= 4 is 11.9 Å². The SMILES string of the molecule is CCNC(=NCc1cccc(OCC(F)(F)F)c1)N1CCN(c2ncccn2)CC1. The standard InChI is InChI=1S/C20H25F3N6O/c1-2-24-18(28-9-11-29(12-10-28)19-25-7-4-8-26-19)27-14-16-5-3-6-17(13-16)30-15-20(21,22)23/h3-8,13H,2,9-12,14-15H2,1H3,(H,24,27). The van der Waals surface area contributed by atoms with Crippen LogP contribution in [0, 0.1) is 0 Å². The highest BCUT2D eigenvalue weighted by atomic mass is 19.4. The van der Waals surface area contributed by atoms with Gasteiger partial charge in [0.05, 0.1) is 6.54 Å². The molecule has 1 saturated heterocycles. The lowest BCUT2D eigenvalue weighted by Crippen LogP contribution is -2.52. The number of nitrogens with zero attached hydrogens (tertiary/aromatic N) is 5. The molecular weight excluding hydrogens is 397 g/mol. The Kier molecular flexibility index (Phi) is 7.31. The number of guanidine groups is 1. The first-order valence-electron chi connectivity index (χ1n) is 9.78. The van der Waals surface area contributed by atoms with E-state index < -0.39 is 12.8 Å². The number of alkyl halides is 3. The number of aromatic nitrogens is 2. The lowest BCUT2D eigenvalue weighted by molar-refractivity contribution is -0.153. The molecule has 0 spiro atoms. The maximum atomic E-state index is 12.4. The molecule has 0 amide bonds. The molecule has 1 aromatic heterocycles. The molecule has 1 aliphatic rings. The third-order valence-electron chi connectivity index (χ3n) is 4.46. The van der Waals surface area contributed by atoms with Gasteiger partial charge in [0.2, 0.25) is 5.95 Å². The van der Waals surface area contributed by atoms with Crippen LogP contribution in [0.3, 0.4) is 0 Å². The Morgan fingerprint density at radius 3 is 2.53 bits per heavy atom. The van der Waals surface area contributed by atoms with Crippen LogP contribution in [0.25, 0.3) is 0 Å². The van der Waals surface area contributed by atoms with Gasteiger partial charge in [-0.3, -0.25) is 0 Å². The van der Waals surface area contributed by atoms with Crippen molar-refractivity contribution in [1.29, 1.82) is 0 Å². The summed E-state index contributed by atoms with van der Waals surface area (Å²) in [6, 6.07) is 8.37. The lowest BCUT2D eigenvalue weighted by Gasteiger charge is -2.36. The Balaban J connectivity index is 1.60. The van der Waals surface area contributed by atoms with Crippen molar-refractivity contribution in [3.8, 4) is 5.75 Å². The second-order valence-corrected chi connectivity index (χ2v) is 6.74. The number of anilines is 1. The first-order valence-corrected chi connectivity index (χ1v) is 9.78. The maximum Gasteiger partial charge on any atom is 0.422 e. The molecule has 0 saturated carbocycles. The predicted octanol–water partition coefficient (Wildman–Crippen LogP) is 2.71. The highest BCUT2D eigenvalue weighted by Crippen LogP contribution is 2.20. The highest BCUT2D eigenvalue weighted by molar-refractivity contribution is 5.80. The molecule has 1 aliphatic heterocycles. The highest BCUT2D eigenvalue weighted by Gasteiger charge is 2.28. The third kappa shape index (κ3) is 6.50. The van der Waals surface area contributed by atoms with Crippen molar-refractivity contribution in [2.75, 3.05) is 44.2 Å². The first kappa shape index (κ1) is 21.7.